The largest absolute Gasteiger partial charge is 0.325 e. The Labute approximate surface area is 145 Å². The summed E-state index contributed by atoms with van der Waals surface area (Å²) < 4.78 is 0.926. The first-order valence-corrected chi connectivity index (χ1v) is 8.83. The number of carbonyl (C=O) groups excluding carboxylic acids is 1. The highest BCUT2D eigenvalue weighted by Crippen LogP contribution is 2.24. The van der Waals surface area contributed by atoms with Gasteiger partial charge >= 0.3 is 0 Å². The van der Waals surface area contributed by atoms with E-state index in [0.29, 0.717) is 0 Å². The fourth-order valence-corrected chi connectivity index (χ4v) is 3.38. The van der Waals surface area contributed by atoms with Gasteiger partial charge in [-0.05, 0) is 59.6 Å². The van der Waals surface area contributed by atoms with E-state index in [2.05, 4.69) is 50.4 Å². The number of hydrogen-bond donors (Lipinski definition) is 1. The summed E-state index contributed by atoms with van der Waals surface area (Å²) >= 11 is 3.47. The van der Waals surface area contributed by atoms with Crippen LogP contribution < -0.4 is 5.32 Å². The summed E-state index contributed by atoms with van der Waals surface area (Å²) in [5, 5.41) is 3.04. The number of nitrogens with zero attached hydrogens (tertiary/aromatic N) is 1. The molecule has 23 heavy (non-hydrogen) atoms. The van der Waals surface area contributed by atoms with Crippen molar-refractivity contribution in [3.63, 3.8) is 0 Å². The van der Waals surface area contributed by atoms with E-state index in [4.69, 9.17) is 0 Å². The third-order valence-electron chi connectivity index (χ3n) is 4.34. The average molecular weight is 373 g/mol. The molecule has 0 saturated carbocycles. The Hall–Kier alpha value is -1.65. The molecule has 2 aromatic rings. The van der Waals surface area contributed by atoms with Gasteiger partial charge in [0.2, 0.25) is 5.91 Å². The summed E-state index contributed by atoms with van der Waals surface area (Å²) in [5.74, 6) is 0.241. The molecule has 3 rings (SSSR count). The van der Waals surface area contributed by atoms with Crippen LogP contribution in [0.25, 0.3) is 0 Å². The zero-order valence-corrected chi connectivity index (χ0v) is 14.6. The van der Waals surface area contributed by atoms with Crippen LogP contribution in [-0.4, -0.2) is 23.9 Å². The molecule has 3 nitrogen and oxygen atoms in total. The fourth-order valence-electron chi connectivity index (χ4n) is 2.99. The van der Waals surface area contributed by atoms with Crippen molar-refractivity contribution >= 4 is 27.5 Å². The van der Waals surface area contributed by atoms with E-state index >= 15 is 0 Å². The Bertz CT molecular complexity index is 651. The third-order valence-corrected chi connectivity index (χ3v) is 5.03. The molecule has 0 atom stereocenters. The number of hydrogen-bond acceptors (Lipinski definition) is 2. The lowest BCUT2D eigenvalue weighted by atomic mass is 9.95. The van der Waals surface area contributed by atoms with Crippen molar-refractivity contribution in [3.05, 3.63) is 64.6 Å². The SMILES string of the molecule is O=C(Nc1ccccc1Br)C1CCN(Cc2ccccc2)CC1. The molecular weight excluding hydrogens is 352 g/mol. The quantitative estimate of drug-likeness (QED) is 0.867. The summed E-state index contributed by atoms with van der Waals surface area (Å²) in [7, 11) is 0. The lowest BCUT2D eigenvalue weighted by Gasteiger charge is -2.31. The number of likely N-dealkylation sites (tertiary alicyclic amines) is 1. The van der Waals surface area contributed by atoms with Gasteiger partial charge in [0, 0.05) is 16.9 Å². The van der Waals surface area contributed by atoms with E-state index in [1.165, 1.54) is 5.56 Å². The van der Waals surface area contributed by atoms with Gasteiger partial charge in [0.25, 0.3) is 0 Å². The molecule has 1 fully saturated rings. The molecule has 1 heterocycles. The Morgan fingerprint density at radius 2 is 1.70 bits per heavy atom. The first-order valence-electron chi connectivity index (χ1n) is 8.04. The van der Waals surface area contributed by atoms with Crippen molar-refractivity contribution in [1.82, 2.24) is 4.90 Å². The van der Waals surface area contributed by atoms with Crippen LogP contribution in [0.2, 0.25) is 0 Å². The molecule has 2 aromatic carbocycles. The summed E-state index contributed by atoms with van der Waals surface area (Å²) in [6.45, 7) is 2.92. The van der Waals surface area contributed by atoms with Crippen LogP contribution in [0.15, 0.2) is 59.1 Å². The van der Waals surface area contributed by atoms with Crippen LogP contribution in [0.3, 0.4) is 0 Å². The van der Waals surface area contributed by atoms with Gasteiger partial charge in [-0.25, -0.2) is 0 Å². The van der Waals surface area contributed by atoms with E-state index in [9.17, 15) is 4.79 Å². The highest BCUT2D eigenvalue weighted by atomic mass is 79.9. The molecule has 0 spiro atoms. The number of piperidine rings is 1. The molecule has 120 valence electrons. The molecule has 0 aromatic heterocycles. The predicted molar refractivity (Wildman–Crippen MR) is 97.2 cm³/mol. The number of rotatable bonds is 4. The van der Waals surface area contributed by atoms with Gasteiger partial charge in [-0.1, -0.05) is 42.5 Å². The molecule has 1 amide bonds. The molecule has 1 N–H and O–H groups in total. The van der Waals surface area contributed by atoms with Gasteiger partial charge in [-0.2, -0.15) is 0 Å². The highest BCUT2D eigenvalue weighted by molar-refractivity contribution is 9.10. The topological polar surface area (TPSA) is 32.3 Å². The van der Waals surface area contributed by atoms with Crippen molar-refractivity contribution in [3.8, 4) is 0 Å². The number of anilines is 1. The van der Waals surface area contributed by atoms with Crippen LogP contribution in [0, 0.1) is 5.92 Å². The molecule has 1 aliphatic heterocycles. The minimum atomic E-state index is 0.106. The number of para-hydroxylation sites is 1. The Balaban J connectivity index is 1.50. The van der Waals surface area contributed by atoms with Crippen molar-refractivity contribution in [2.24, 2.45) is 5.92 Å². The Morgan fingerprint density at radius 3 is 2.39 bits per heavy atom. The Kier molecular flexibility index (Phi) is 5.47. The minimum absolute atomic E-state index is 0.106. The van der Waals surface area contributed by atoms with Crippen LogP contribution >= 0.6 is 15.9 Å². The monoisotopic (exact) mass is 372 g/mol. The standard InChI is InChI=1S/C19H21BrN2O/c20-17-8-4-5-9-18(17)21-19(23)16-10-12-22(13-11-16)14-15-6-2-1-3-7-15/h1-9,16H,10-14H2,(H,21,23). The second-order valence-electron chi connectivity index (χ2n) is 6.01. The smallest absolute Gasteiger partial charge is 0.227 e. The van der Waals surface area contributed by atoms with Gasteiger partial charge in [0.1, 0.15) is 0 Å². The van der Waals surface area contributed by atoms with E-state index in [1.807, 2.05) is 30.3 Å². The number of carbonyl (C=O) groups is 1. The van der Waals surface area contributed by atoms with Gasteiger partial charge in [0.15, 0.2) is 0 Å². The van der Waals surface area contributed by atoms with Crippen molar-refractivity contribution < 1.29 is 4.79 Å². The molecule has 1 aliphatic rings. The van der Waals surface area contributed by atoms with E-state index in [0.717, 1.165) is 42.6 Å². The molecular formula is C19H21BrN2O. The summed E-state index contributed by atoms with van der Waals surface area (Å²) in [4.78, 5) is 14.9. The second-order valence-corrected chi connectivity index (χ2v) is 6.86. The average Bonchev–Trinajstić information content (AvgIpc) is 2.58. The van der Waals surface area contributed by atoms with Gasteiger partial charge in [0.05, 0.1) is 5.69 Å². The highest BCUT2D eigenvalue weighted by Gasteiger charge is 2.25. The number of amides is 1. The maximum Gasteiger partial charge on any atom is 0.227 e. The minimum Gasteiger partial charge on any atom is -0.325 e. The lowest BCUT2D eigenvalue weighted by molar-refractivity contribution is -0.121. The van der Waals surface area contributed by atoms with Gasteiger partial charge in [-0.3, -0.25) is 9.69 Å². The number of benzene rings is 2. The molecule has 0 aliphatic carbocycles. The molecule has 1 saturated heterocycles. The fraction of sp³-hybridized carbons (Fsp3) is 0.316. The van der Waals surface area contributed by atoms with Gasteiger partial charge < -0.3 is 5.32 Å². The maximum atomic E-state index is 12.4. The Morgan fingerprint density at radius 1 is 1.04 bits per heavy atom. The number of halogens is 1. The second kappa shape index (κ2) is 7.75. The first kappa shape index (κ1) is 16.2. The van der Waals surface area contributed by atoms with E-state index in [1.54, 1.807) is 0 Å². The predicted octanol–water partition coefficient (Wildman–Crippen LogP) is 4.30. The van der Waals surface area contributed by atoms with Crippen LogP contribution in [-0.2, 0) is 11.3 Å². The van der Waals surface area contributed by atoms with Gasteiger partial charge in [-0.15, -0.1) is 0 Å². The zero-order chi connectivity index (χ0) is 16.1. The summed E-state index contributed by atoms with van der Waals surface area (Å²) in [6, 6.07) is 18.3. The summed E-state index contributed by atoms with van der Waals surface area (Å²) in [6.07, 6.45) is 1.84. The number of nitrogens with one attached hydrogen (secondary N) is 1. The lowest BCUT2D eigenvalue weighted by Crippen LogP contribution is -2.37. The van der Waals surface area contributed by atoms with Crippen molar-refractivity contribution in [2.75, 3.05) is 18.4 Å². The normalized spacial score (nSPS) is 16.2. The first-order chi connectivity index (χ1) is 11.2. The van der Waals surface area contributed by atoms with Crippen molar-refractivity contribution in [1.29, 1.82) is 0 Å². The summed E-state index contributed by atoms with van der Waals surface area (Å²) in [5.41, 5.74) is 2.19. The molecule has 4 heteroatoms. The zero-order valence-electron chi connectivity index (χ0n) is 13.0. The third kappa shape index (κ3) is 4.43. The van der Waals surface area contributed by atoms with E-state index in [-0.39, 0.29) is 11.8 Å². The van der Waals surface area contributed by atoms with Crippen LogP contribution in [0.4, 0.5) is 5.69 Å². The molecule has 0 bridgehead atoms. The van der Waals surface area contributed by atoms with Crippen LogP contribution in [0.1, 0.15) is 18.4 Å². The molecule has 0 radical (unpaired) electrons. The molecule has 0 unspecified atom stereocenters. The van der Waals surface area contributed by atoms with Crippen LogP contribution in [0.5, 0.6) is 0 Å². The van der Waals surface area contributed by atoms with E-state index < -0.39 is 0 Å². The maximum absolute atomic E-state index is 12.4. The van der Waals surface area contributed by atoms with Crippen molar-refractivity contribution in [2.45, 2.75) is 19.4 Å².